The van der Waals surface area contributed by atoms with Crippen LogP contribution in [0.1, 0.15) is 18.4 Å². The van der Waals surface area contributed by atoms with Crippen LogP contribution in [0.3, 0.4) is 0 Å². The van der Waals surface area contributed by atoms with Gasteiger partial charge in [0, 0.05) is 31.7 Å². The molecule has 2 aromatic carbocycles. The third kappa shape index (κ3) is 3.92. The van der Waals surface area contributed by atoms with Gasteiger partial charge in [-0.15, -0.1) is 0 Å². The average molecular weight is 446 g/mol. The maximum atomic E-state index is 13.1. The lowest BCUT2D eigenvalue weighted by atomic mass is 9.97. The Bertz CT molecular complexity index is 1270. The number of aromatic nitrogens is 1. The summed E-state index contributed by atoms with van der Waals surface area (Å²) >= 11 is 1.03. The van der Waals surface area contributed by atoms with Gasteiger partial charge in [0.25, 0.3) is 0 Å². The van der Waals surface area contributed by atoms with Gasteiger partial charge in [-0.3, -0.25) is 9.59 Å². The molecule has 158 valence electrons. The molecule has 4 rings (SSSR count). The maximum absolute atomic E-state index is 13.1. The number of hydrogen-bond acceptors (Lipinski definition) is 5. The van der Waals surface area contributed by atoms with E-state index in [4.69, 9.17) is 0 Å². The molecule has 0 radical (unpaired) electrons. The van der Waals surface area contributed by atoms with Crippen LogP contribution in [0.4, 0.5) is 5.69 Å². The molecule has 1 N–H and O–H groups in total. The van der Waals surface area contributed by atoms with Crippen molar-refractivity contribution in [2.24, 2.45) is 13.0 Å². The maximum Gasteiger partial charge on any atom is 0.307 e. The zero-order chi connectivity index (χ0) is 21.5. The van der Waals surface area contributed by atoms with Gasteiger partial charge in [-0.05, 0) is 55.7 Å². The molecule has 1 aliphatic rings. The zero-order valence-electron chi connectivity index (χ0n) is 16.8. The number of carbonyl (C=O) groups is 1. The van der Waals surface area contributed by atoms with Crippen LogP contribution < -0.4 is 10.2 Å². The van der Waals surface area contributed by atoms with Gasteiger partial charge in [-0.1, -0.05) is 23.5 Å². The Morgan fingerprint density at radius 2 is 1.87 bits per heavy atom. The Balaban J connectivity index is 1.45. The average Bonchev–Trinajstić information content (AvgIpc) is 3.01. The number of amides is 1. The predicted molar refractivity (Wildman–Crippen MR) is 118 cm³/mol. The van der Waals surface area contributed by atoms with Gasteiger partial charge in [0.05, 0.1) is 15.1 Å². The lowest BCUT2D eigenvalue weighted by Gasteiger charge is -2.30. The predicted octanol–water partition coefficient (Wildman–Crippen LogP) is 2.95. The Morgan fingerprint density at radius 1 is 1.13 bits per heavy atom. The molecule has 0 bridgehead atoms. The lowest BCUT2D eigenvalue weighted by Crippen LogP contribution is -2.41. The molecule has 1 amide bonds. The SMILES string of the molecule is Cc1cccc(NC(=O)C2CCN(S(=O)(=O)c3ccc4c(c3)sc(=O)n4C)CC2)c1. The number of nitrogens with zero attached hydrogens (tertiary/aromatic N) is 2. The highest BCUT2D eigenvalue weighted by molar-refractivity contribution is 7.89. The second kappa shape index (κ2) is 7.98. The van der Waals surface area contributed by atoms with Crippen molar-refractivity contribution in [3.63, 3.8) is 0 Å². The molecule has 0 atom stereocenters. The van der Waals surface area contributed by atoms with Crippen LogP contribution in [-0.4, -0.2) is 36.3 Å². The fourth-order valence-corrected chi connectivity index (χ4v) is 6.24. The van der Waals surface area contributed by atoms with Crippen molar-refractivity contribution in [3.05, 3.63) is 57.7 Å². The summed E-state index contributed by atoms with van der Waals surface area (Å²) in [6.07, 6.45) is 0.940. The van der Waals surface area contributed by atoms with E-state index >= 15 is 0 Å². The van der Waals surface area contributed by atoms with Crippen LogP contribution in [-0.2, 0) is 21.9 Å². The highest BCUT2D eigenvalue weighted by Crippen LogP contribution is 2.27. The number of anilines is 1. The van der Waals surface area contributed by atoms with Gasteiger partial charge in [0.1, 0.15) is 0 Å². The summed E-state index contributed by atoms with van der Waals surface area (Å²) in [5.41, 5.74) is 2.54. The largest absolute Gasteiger partial charge is 0.326 e. The fourth-order valence-electron chi connectivity index (χ4n) is 3.75. The summed E-state index contributed by atoms with van der Waals surface area (Å²) in [7, 11) is -2.01. The molecule has 0 unspecified atom stereocenters. The van der Waals surface area contributed by atoms with Crippen molar-refractivity contribution in [2.45, 2.75) is 24.7 Å². The molecule has 3 aromatic rings. The topological polar surface area (TPSA) is 88.5 Å². The number of benzene rings is 2. The molecule has 0 saturated carbocycles. The van der Waals surface area contributed by atoms with Crippen molar-refractivity contribution < 1.29 is 13.2 Å². The molecule has 1 fully saturated rings. The van der Waals surface area contributed by atoms with Gasteiger partial charge in [-0.25, -0.2) is 8.42 Å². The van der Waals surface area contributed by atoms with Crippen molar-refractivity contribution in [2.75, 3.05) is 18.4 Å². The van der Waals surface area contributed by atoms with E-state index in [1.54, 1.807) is 25.2 Å². The number of sulfonamides is 1. The fraction of sp³-hybridized carbons (Fsp3) is 0.333. The highest BCUT2D eigenvalue weighted by Gasteiger charge is 2.32. The summed E-state index contributed by atoms with van der Waals surface area (Å²) in [4.78, 5) is 24.5. The molecule has 0 spiro atoms. The Labute approximate surface area is 179 Å². The molecule has 1 aromatic heterocycles. The smallest absolute Gasteiger partial charge is 0.307 e. The van der Waals surface area contributed by atoms with E-state index < -0.39 is 10.0 Å². The number of rotatable bonds is 4. The normalized spacial score (nSPS) is 16.1. The summed E-state index contributed by atoms with van der Waals surface area (Å²) in [5, 5.41) is 2.93. The summed E-state index contributed by atoms with van der Waals surface area (Å²) < 4.78 is 29.7. The number of hydrogen-bond donors (Lipinski definition) is 1. The van der Waals surface area contributed by atoms with E-state index in [-0.39, 0.29) is 34.7 Å². The first-order valence-electron chi connectivity index (χ1n) is 9.73. The second-order valence-corrected chi connectivity index (χ2v) is 10.5. The first-order chi connectivity index (χ1) is 14.3. The van der Waals surface area contributed by atoms with Crippen molar-refractivity contribution in [1.82, 2.24) is 8.87 Å². The summed E-state index contributed by atoms with van der Waals surface area (Å²) in [6, 6.07) is 12.4. The van der Waals surface area contributed by atoms with Crippen LogP contribution in [0.15, 0.2) is 52.2 Å². The van der Waals surface area contributed by atoms with Gasteiger partial charge in [0.2, 0.25) is 15.9 Å². The van der Waals surface area contributed by atoms with Crippen LogP contribution in [0.25, 0.3) is 10.2 Å². The van der Waals surface area contributed by atoms with Crippen molar-refractivity contribution in [1.29, 1.82) is 0 Å². The molecule has 1 aliphatic heterocycles. The van der Waals surface area contributed by atoms with Gasteiger partial charge in [-0.2, -0.15) is 4.31 Å². The van der Waals surface area contributed by atoms with E-state index in [1.165, 1.54) is 8.87 Å². The molecular formula is C21H23N3O4S2. The monoisotopic (exact) mass is 445 g/mol. The number of carbonyl (C=O) groups excluding carboxylic acids is 1. The van der Waals surface area contributed by atoms with Gasteiger partial charge >= 0.3 is 4.87 Å². The molecule has 2 heterocycles. The molecule has 1 saturated heterocycles. The van der Waals surface area contributed by atoms with Gasteiger partial charge in [0.15, 0.2) is 0 Å². The number of thiazole rings is 1. The van der Waals surface area contributed by atoms with E-state index in [0.29, 0.717) is 17.5 Å². The first kappa shape index (κ1) is 20.8. The second-order valence-electron chi connectivity index (χ2n) is 7.59. The minimum Gasteiger partial charge on any atom is -0.326 e. The third-order valence-corrected chi connectivity index (χ3v) is 8.40. The quantitative estimate of drug-likeness (QED) is 0.669. The van der Waals surface area contributed by atoms with E-state index in [0.717, 1.165) is 28.1 Å². The molecule has 7 nitrogen and oxygen atoms in total. The van der Waals surface area contributed by atoms with Crippen LogP contribution >= 0.6 is 11.3 Å². The molecular weight excluding hydrogens is 422 g/mol. The molecule has 0 aliphatic carbocycles. The van der Waals surface area contributed by atoms with Crippen molar-refractivity contribution >= 4 is 43.2 Å². The molecule has 9 heteroatoms. The highest BCUT2D eigenvalue weighted by atomic mass is 32.2. The minimum atomic E-state index is -3.67. The zero-order valence-corrected chi connectivity index (χ0v) is 18.4. The number of piperidine rings is 1. The number of nitrogens with one attached hydrogen (secondary N) is 1. The van der Waals surface area contributed by atoms with E-state index in [2.05, 4.69) is 5.32 Å². The van der Waals surface area contributed by atoms with E-state index in [1.807, 2.05) is 31.2 Å². The van der Waals surface area contributed by atoms with Crippen LogP contribution in [0, 0.1) is 12.8 Å². The Morgan fingerprint density at radius 3 is 2.57 bits per heavy atom. The molecule has 30 heavy (non-hydrogen) atoms. The first-order valence-corrected chi connectivity index (χ1v) is 12.0. The standard InChI is InChI=1S/C21H23N3O4S2/c1-14-4-3-5-16(12-14)22-20(25)15-8-10-24(11-9-15)30(27,28)17-6-7-18-19(13-17)29-21(26)23(18)2/h3-7,12-13,15H,8-11H2,1-2H3,(H,22,25). The Hall–Kier alpha value is -2.49. The lowest BCUT2D eigenvalue weighted by molar-refractivity contribution is -0.120. The van der Waals surface area contributed by atoms with E-state index in [9.17, 15) is 18.0 Å². The third-order valence-electron chi connectivity index (χ3n) is 5.51. The minimum absolute atomic E-state index is 0.0758. The number of aryl methyl sites for hydroxylation is 2. The number of fused-ring (bicyclic) bond motifs is 1. The summed E-state index contributed by atoms with van der Waals surface area (Å²) in [5.74, 6) is -0.299. The summed E-state index contributed by atoms with van der Waals surface area (Å²) in [6.45, 7) is 2.54. The van der Waals surface area contributed by atoms with Gasteiger partial charge < -0.3 is 9.88 Å². The van der Waals surface area contributed by atoms with Crippen LogP contribution in [0.5, 0.6) is 0 Å². The van der Waals surface area contributed by atoms with Crippen molar-refractivity contribution in [3.8, 4) is 0 Å². The Kier molecular flexibility index (Phi) is 5.52. The van der Waals surface area contributed by atoms with Crippen LogP contribution in [0.2, 0.25) is 0 Å².